The summed E-state index contributed by atoms with van der Waals surface area (Å²) >= 11 is 0. The van der Waals surface area contributed by atoms with Crippen LogP contribution in [0.3, 0.4) is 0 Å². The van der Waals surface area contributed by atoms with Crippen LogP contribution < -0.4 is 5.73 Å². The highest BCUT2D eigenvalue weighted by atomic mass is 16.4. The number of rotatable bonds is 4. The zero-order valence-electron chi connectivity index (χ0n) is 14.1. The van der Waals surface area contributed by atoms with Crippen LogP contribution in [0, 0.1) is 5.92 Å². The molecule has 5 nitrogen and oxygen atoms in total. The summed E-state index contributed by atoms with van der Waals surface area (Å²) in [6.45, 7) is 0. The molecule has 2 aromatic carbocycles. The first-order valence-corrected chi connectivity index (χ1v) is 8.59. The molecule has 1 unspecified atom stereocenters. The van der Waals surface area contributed by atoms with E-state index in [1.165, 1.54) is 28.5 Å². The summed E-state index contributed by atoms with van der Waals surface area (Å²) in [6.07, 6.45) is 3.42. The smallest absolute Gasteiger partial charge is 0.286 e. The van der Waals surface area contributed by atoms with Crippen molar-refractivity contribution < 1.29 is 14.0 Å². The van der Waals surface area contributed by atoms with E-state index in [0.29, 0.717) is 6.42 Å². The van der Waals surface area contributed by atoms with Gasteiger partial charge < -0.3 is 10.2 Å². The molecule has 0 saturated carbocycles. The van der Waals surface area contributed by atoms with E-state index in [1.54, 1.807) is 0 Å². The van der Waals surface area contributed by atoms with Gasteiger partial charge in [0.2, 0.25) is 11.5 Å². The molecule has 1 amide bonds. The molecule has 1 aliphatic rings. The summed E-state index contributed by atoms with van der Waals surface area (Å²) in [5.41, 5.74) is 9.98. The van der Waals surface area contributed by atoms with Gasteiger partial charge in [0.05, 0.1) is 6.20 Å². The van der Waals surface area contributed by atoms with Crippen molar-refractivity contribution in [1.82, 2.24) is 4.98 Å². The van der Waals surface area contributed by atoms with Crippen molar-refractivity contribution in [1.29, 1.82) is 0 Å². The molecule has 1 heterocycles. The summed E-state index contributed by atoms with van der Waals surface area (Å²) in [7, 11) is 0. The normalized spacial score (nSPS) is 16.1. The molecule has 2 N–H and O–H groups in total. The molecule has 0 saturated heterocycles. The minimum atomic E-state index is -0.723. The van der Waals surface area contributed by atoms with Crippen LogP contribution in [0.4, 0.5) is 0 Å². The van der Waals surface area contributed by atoms with Gasteiger partial charge in [0.25, 0.3) is 11.8 Å². The van der Waals surface area contributed by atoms with Crippen molar-refractivity contribution in [3.8, 4) is 11.1 Å². The van der Waals surface area contributed by atoms with E-state index in [1.807, 2.05) is 18.2 Å². The summed E-state index contributed by atoms with van der Waals surface area (Å²) in [5, 5.41) is 0. The lowest BCUT2D eigenvalue weighted by Gasteiger charge is -2.23. The van der Waals surface area contributed by atoms with Gasteiger partial charge in [-0.3, -0.25) is 9.59 Å². The lowest BCUT2D eigenvalue weighted by molar-refractivity contribution is 0.0867. The van der Waals surface area contributed by atoms with Gasteiger partial charge in [0.1, 0.15) is 0 Å². The van der Waals surface area contributed by atoms with Crippen molar-refractivity contribution in [2.45, 2.75) is 19.3 Å². The number of amides is 1. The number of fused-ring (bicyclic) bond motifs is 1. The molecule has 1 atom stereocenters. The first-order chi connectivity index (χ1) is 12.6. The topological polar surface area (TPSA) is 86.2 Å². The zero-order chi connectivity index (χ0) is 18.1. The number of nitrogens with zero attached hydrogens (tertiary/aromatic N) is 1. The van der Waals surface area contributed by atoms with Gasteiger partial charge in [-0.25, -0.2) is 4.98 Å². The van der Waals surface area contributed by atoms with Crippen LogP contribution in [0.15, 0.2) is 59.1 Å². The van der Waals surface area contributed by atoms with Crippen LogP contribution in [0.1, 0.15) is 38.8 Å². The van der Waals surface area contributed by atoms with E-state index in [2.05, 4.69) is 35.3 Å². The van der Waals surface area contributed by atoms with Gasteiger partial charge in [-0.2, -0.15) is 0 Å². The molecule has 26 heavy (non-hydrogen) atoms. The van der Waals surface area contributed by atoms with Crippen molar-refractivity contribution in [2.24, 2.45) is 11.7 Å². The van der Waals surface area contributed by atoms with E-state index in [0.717, 1.165) is 12.8 Å². The number of oxazole rings is 1. The first kappa shape index (κ1) is 16.3. The molecule has 3 aromatic rings. The second-order valence-electron chi connectivity index (χ2n) is 6.55. The third-order valence-electron chi connectivity index (χ3n) is 4.87. The van der Waals surface area contributed by atoms with Gasteiger partial charge >= 0.3 is 0 Å². The Kier molecular flexibility index (Phi) is 4.13. The number of carbonyl (C=O) groups excluding carboxylic acids is 2. The zero-order valence-corrected chi connectivity index (χ0v) is 14.1. The summed E-state index contributed by atoms with van der Waals surface area (Å²) in [5.74, 6) is -1.20. The third kappa shape index (κ3) is 3.04. The second kappa shape index (κ2) is 6.59. The number of primary amides is 1. The average molecular weight is 346 g/mol. The lowest BCUT2D eigenvalue weighted by atomic mass is 9.80. The summed E-state index contributed by atoms with van der Waals surface area (Å²) in [4.78, 5) is 27.6. The largest absolute Gasteiger partial charge is 0.428 e. The second-order valence-corrected chi connectivity index (χ2v) is 6.55. The molecule has 0 spiro atoms. The fourth-order valence-corrected chi connectivity index (χ4v) is 3.47. The molecule has 0 aliphatic heterocycles. The third-order valence-corrected chi connectivity index (χ3v) is 4.87. The molecule has 0 fully saturated rings. The SMILES string of the molecule is NC(=O)c1cnc(C(=O)C2CCc3cc(-c4ccccc4)ccc3C2)o1. The number of Topliss-reactive ketones (excluding diaryl/α,β-unsaturated/α-hetero) is 1. The molecule has 130 valence electrons. The Bertz CT molecular complexity index is 976. The van der Waals surface area contributed by atoms with Crippen LogP contribution in [0.5, 0.6) is 0 Å². The van der Waals surface area contributed by atoms with Crippen LogP contribution >= 0.6 is 0 Å². The fraction of sp³-hybridized carbons (Fsp3) is 0.190. The standard InChI is InChI=1S/C21H18N2O3/c22-20(25)18-12-23-21(26-18)19(24)17-9-8-15-10-14(6-7-16(15)11-17)13-4-2-1-3-5-13/h1-7,10,12,17H,8-9,11H2,(H2,22,25). The molecule has 4 rings (SSSR count). The van der Waals surface area contributed by atoms with Gasteiger partial charge in [-0.05, 0) is 41.5 Å². The van der Waals surface area contributed by atoms with Gasteiger partial charge in [-0.15, -0.1) is 0 Å². The number of carbonyl (C=O) groups is 2. The van der Waals surface area contributed by atoms with Crippen LogP contribution in [-0.4, -0.2) is 16.7 Å². The van der Waals surface area contributed by atoms with Gasteiger partial charge in [0.15, 0.2) is 0 Å². The van der Waals surface area contributed by atoms with E-state index in [9.17, 15) is 9.59 Å². The van der Waals surface area contributed by atoms with Crippen molar-refractivity contribution >= 4 is 11.7 Å². The van der Waals surface area contributed by atoms with E-state index in [4.69, 9.17) is 10.2 Å². The number of aromatic nitrogens is 1. The molecule has 0 radical (unpaired) electrons. The van der Waals surface area contributed by atoms with Crippen LogP contribution in [0.2, 0.25) is 0 Å². The highest BCUT2D eigenvalue weighted by molar-refractivity contribution is 5.96. The molecular formula is C21H18N2O3. The van der Waals surface area contributed by atoms with E-state index in [-0.39, 0.29) is 23.4 Å². The number of hydrogen-bond donors (Lipinski definition) is 1. The van der Waals surface area contributed by atoms with Gasteiger partial charge in [-0.1, -0.05) is 48.5 Å². The van der Waals surface area contributed by atoms with Crippen LogP contribution in [0.25, 0.3) is 11.1 Å². The van der Waals surface area contributed by atoms with Crippen molar-refractivity contribution in [2.75, 3.05) is 0 Å². The minimum absolute atomic E-state index is 0.0341. The number of aryl methyl sites for hydroxylation is 1. The molecule has 1 aliphatic carbocycles. The highest BCUT2D eigenvalue weighted by Gasteiger charge is 2.29. The minimum Gasteiger partial charge on any atom is -0.428 e. The monoisotopic (exact) mass is 346 g/mol. The molecule has 0 bridgehead atoms. The first-order valence-electron chi connectivity index (χ1n) is 8.59. The summed E-state index contributed by atoms with van der Waals surface area (Å²) in [6, 6.07) is 16.6. The number of nitrogens with two attached hydrogens (primary N) is 1. The molecule has 1 aromatic heterocycles. The Morgan fingerprint density at radius 1 is 1.04 bits per heavy atom. The quantitative estimate of drug-likeness (QED) is 0.733. The highest BCUT2D eigenvalue weighted by Crippen LogP contribution is 2.31. The Balaban J connectivity index is 1.54. The lowest BCUT2D eigenvalue weighted by Crippen LogP contribution is -2.23. The van der Waals surface area contributed by atoms with Crippen molar-refractivity contribution in [3.63, 3.8) is 0 Å². The van der Waals surface area contributed by atoms with E-state index < -0.39 is 5.91 Å². The van der Waals surface area contributed by atoms with Crippen molar-refractivity contribution in [3.05, 3.63) is 77.5 Å². The summed E-state index contributed by atoms with van der Waals surface area (Å²) < 4.78 is 5.19. The predicted octanol–water partition coefficient (Wildman–Crippen LogP) is 3.43. The number of ketones is 1. The fourth-order valence-electron chi connectivity index (χ4n) is 3.47. The maximum atomic E-state index is 12.6. The maximum absolute atomic E-state index is 12.6. The number of benzene rings is 2. The number of hydrogen-bond acceptors (Lipinski definition) is 4. The Hall–Kier alpha value is -3.21. The average Bonchev–Trinajstić information content (AvgIpc) is 3.18. The van der Waals surface area contributed by atoms with Gasteiger partial charge in [0, 0.05) is 5.92 Å². The Morgan fingerprint density at radius 3 is 2.58 bits per heavy atom. The van der Waals surface area contributed by atoms with E-state index >= 15 is 0 Å². The molecular weight excluding hydrogens is 328 g/mol. The Labute approximate surface area is 150 Å². The van der Waals surface area contributed by atoms with Crippen LogP contribution in [-0.2, 0) is 12.8 Å². The maximum Gasteiger partial charge on any atom is 0.286 e. The molecule has 5 heteroatoms. The predicted molar refractivity (Wildman–Crippen MR) is 96.7 cm³/mol. The Morgan fingerprint density at radius 2 is 1.85 bits per heavy atom.